The van der Waals surface area contributed by atoms with Gasteiger partial charge < -0.3 is 23.6 Å². The normalized spacial score (nSPS) is 24.5. The van der Waals surface area contributed by atoms with Gasteiger partial charge in [0.1, 0.15) is 11.8 Å². The van der Waals surface area contributed by atoms with E-state index in [1.54, 1.807) is 6.20 Å². The third-order valence-electron chi connectivity index (χ3n) is 13.3. The van der Waals surface area contributed by atoms with Crippen LogP contribution in [0.3, 0.4) is 0 Å². The molecule has 1 saturated heterocycles. The molecule has 0 amide bonds. The molecule has 7 atom stereocenters. The van der Waals surface area contributed by atoms with Crippen LogP contribution in [0.1, 0.15) is 123 Å². The third-order valence-corrected chi connectivity index (χ3v) is 17.9. The molecule has 0 spiro atoms. The molecule has 1 aliphatic heterocycles. The number of hydrogen-bond donors (Lipinski definition) is 2. The smallest absolute Gasteiger partial charge is 0.460 e. The van der Waals surface area contributed by atoms with E-state index >= 15 is 0 Å². The molecule has 3 aliphatic carbocycles. The molecule has 3 aromatic rings. The lowest BCUT2D eigenvalue weighted by atomic mass is 9.43. The number of pyridine rings is 3. The molecule has 58 heavy (non-hydrogen) atoms. The summed E-state index contributed by atoms with van der Waals surface area (Å²) < 4.78 is 26.5. The fourth-order valence-electron chi connectivity index (χ4n) is 8.93. The van der Waals surface area contributed by atoms with Gasteiger partial charge in [-0.05, 0) is 119 Å². The number of carbonyl (C=O) groups is 1. The van der Waals surface area contributed by atoms with Crippen LogP contribution in [0, 0.1) is 17.3 Å². The number of hydrogen-bond acceptors (Lipinski definition) is 11. The van der Waals surface area contributed by atoms with Gasteiger partial charge in [0.25, 0.3) is 0 Å². The van der Waals surface area contributed by atoms with E-state index in [1.165, 1.54) is 0 Å². The van der Waals surface area contributed by atoms with Crippen LogP contribution in [0.2, 0.25) is 18.1 Å². The van der Waals surface area contributed by atoms with E-state index in [4.69, 9.17) is 23.5 Å². The van der Waals surface area contributed by atoms with Crippen molar-refractivity contribution in [3.8, 4) is 0 Å². The van der Waals surface area contributed by atoms with Crippen LogP contribution in [-0.4, -0.2) is 75.7 Å². The highest BCUT2D eigenvalue weighted by Gasteiger charge is 2.68. The van der Waals surface area contributed by atoms with E-state index in [-0.39, 0.29) is 35.1 Å². The molecule has 4 aliphatic rings. The summed E-state index contributed by atoms with van der Waals surface area (Å²) in [6.07, 6.45) is 7.29. The summed E-state index contributed by atoms with van der Waals surface area (Å²) in [6, 6.07) is 15.8. The van der Waals surface area contributed by atoms with Crippen LogP contribution < -0.4 is 5.32 Å². The lowest BCUT2D eigenvalue weighted by Gasteiger charge is -2.64. The summed E-state index contributed by atoms with van der Waals surface area (Å²) in [5.41, 5.74) is 2.62. The molecular formula is C45H68BN5O6Si. The van der Waals surface area contributed by atoms with Gasteiger partial charge in [0.05, 0.1) is 41.3 Å². The maximum atomic E-state index is 13.3. The minimum absolute atomic E-state index is 0.0159. The van der Waals surface area contributed by atoms with Crippen molar-refractivity contribution in [3.63, 3.8) is 0 Å². The van der Waals surface area contributed by atoms with Gasteiger partial charge in [-0.1, -0.05) is 52.8 Å². The molecular weight excluding hydrogens is 745 g/mol. The molecule has 4 fully saturated rings. The first-order valence-electron chi connectivity index (χ1n) is 21.3. The molecule has 3 aromatic heterocycles. The van der Waals surface area contributed by atoms with Crippen LogP contribution in [0.15, 0.2) is 67.1 Å². The predicted octanol–water partition coefficient (Wildman–Crippen LogP) is 8.19. The average molecular weight is 814 g/mol. The number of ether oxygens (including phenoxy) is 1. The van der Waals surface area contributed by atoms with E-state index in [0.29, 0.717) is 49.9 Å². The Kier molecular flexibility index (Phi) is 13.4. The molecule has 0 radical (unpaired) electrons. The van der Waals surface area contributed by atoms with Crippen LogP contribution >= 0.6 is 0 Å². The number of rotatable bonds is 17. The second-order valence-corrected chi connectivity index (χ2v) is 25.0. The molecule has 4 heterocycles. The SMILES string of the molecule is CC(C)(C)OC(=O)CC(CC[C@H](NC(O)c1ccc(CN(Cc2ccccn2)Cc2ccccn2)nc1)B1O[C@@H]2C[C@@H]3C[C@@H](C3(C)C)[C@]2(C)O1)O[Si](C)(C)C(C)(C)C. The Balaban J connectivity index is 1.20. The van der Waals surface area contributed by atoms with E-state index in [9.17, 15) is 9.90 Å². The minimum Gasteiger partial charge on any atom is -0.460 e. The highest BCUT2D eigenvalue weighted by molar-refractivity contribution is 6.74. The lowest BCUT2D eigenvalue weighted by Crippen LogP contribution is -2.65. The van der Waals surface area contributed by atoms with Gasteiger partial charge in [-0.2, -0.15) is 0 Å². The van der Waals surface area contributed by atoms with Gasteiger partial charge in [0, 0.05) is 49.7 Å². The first-order valence-corrected chi connectivity index (χ1v) is 24.2. The van der Waals surface area contributed by atoms with Gasteiger partial charge in [-0.25, -0.2) is 0 Å². The van der Waals surface area contributed by atoms with Gasteiger partial charge in [0.15, 0.2) is 8.32 Å². The Hall–Kier alpha value is -3.04. The number of carbonyl (C=O) groups excluding carboxylic acids is 1. The number of aliphatic hydroxyl groups is 1. The second-order valence-electron chi connectivity index (χ2n) is 20.3. The first kappa shape index (κ1) is 44.5. The average Bonchev–Trinajstić information content (AvgIpc) is 3.50. The molecule has 3 saturated carbocycles. The largest absolute Gasteiger partial charge is 0.475 e. The number of nitrogens with zero attached hydrogens (tertiary/aromatic N) is 4. The zero-order valence-corrected chi connectivity index (χ0v) is 37.8. The number of esters is 1. The maximum absolute atomic E-state index is 13.3. The standard InChI is InChI=1S/C45H68BN5O6Si/c1-42(2,3)54-40(52)26-36(56-58(10,11)43(4,5)6)20-21-39(46-55-38-25-32-24-37(44(32,7)8)45(38,9)57-46)50-41(53)31-18-19-35(49-27-31)30-51(28-33-16-12-14-22-47-33)29-34-17-13-15-23-48-34/h12-19,22-23,27,32,36-39,41,50,53H,20-21,24-26,28-30H2,1-11H3/t32-,36?,37-,38+,39-,41?,45-/m0/s1. The molecule has 11 nitrogen and oxygen atoms in total. The van der Waals surface area contributed by atoms with E-state index in [0.717, 1.165) is 29.9 Å². The summed E-state index contributed by atoms with van der Waals surface area (Å²) in [6.45, 7) is 25.5. The monoisotopic (exact) mass is 814 g/mol. The van der Waals surface area contributed by atoms with Crippen molar-refractivity contribution in [1.82, 2.24) is 25.2 Å². The molecule has 7 rings (SSSR count). The van der Waals surface area contributed by atoms with Crippen molar-refractivity contribution in [1.29, 1.82) is 0 Å². The maximum Gasteiger partial charge on any atom is 0.475 e. The zero-order chi connectivity index (χ0) is 42.1. The molecule has 316 valence electrons. The Morgan fingerprint density at radius 2 is 1.55 bits per heavy atom. The Bertz CT molecular complexity index is 1770. The summed E-state index contributed by atoms with van der Waals surface area (Å²) in [5.74, 6) is 0.334. The Morgan fingerprint density at radius 1 is 0.931 bits per heavy atom. The van der Waals surface area contributed by atoms with Crippen molar-refractivity contribution in [2.75, 3.05) is 0 Å². The molecule has 2 N–H and O–H groups in total. The zero-order valence-electron chi connectivity index (χ0n) is 36.8. The quantitative estimate of drug-likeness (QED) is 0.0778. The fourth-order valence-corrected chi connectivity index (χ4v) is 10.3. The molecule has 2 bridgehead atoms. The topological polar surface area (TPSA) is 128 Å². The third kappa shape index (κ3) is 10.6. The van der Waals surface area contributed by atoms with Crippen LogP contribution in [0.25, 0.3) is 0 Å². The van der Waals surface area contributed by atoms with Crippen molar-refractivity contribution in [2.45, 2.75) is 168 Å². The van der Waals surface area contributed by atoms with Crippen molar-refractivity contribution in [2.24, 2.45) is 17.3 Å². The van der Waals surface area contributed by atoms with Gasteiger partial charge >= 0.3 is 13.1 Å². The molecule has 0 aromatic carbocycles. The Labute approximate surface area is 348 Å². The van der Waals surface area contributed by atoms with Crippen LogP contribution in [0.4, 0.5) is 0 Å². The minimum atomic E-state index is -2.26. The Morgan fingerprint density at radius 3 is 2.07 bits per heavy atom. The lowest BCUT2D eigenvalue weighted by molar-refractivity contribution is -0.199. The number of aliphatic hydroxyl groups excluding tert-OH is 1. The van der Waals surface area contributed by atoms with Gasteiger partial charge in [-0.15, -0.1) is 0 Å². The van der Waals surface area contributed by atoms with E-state index < -0.39 is 38.8 Å². The summed E-state index contributed by atoms with van der Waals surface area (Å²) >= 11 is 0. The first-order chi connectivity index (χ1) is 27.1. The highest BCUT2D eigenvalue weighted by atomic mass is 28.4. The van der Waals surface area contributed by atoms with E-state index in [2.05, 4.69) is 74.8 Å². The van der Waals surface area contributed by atoms with E-state index in [1.807, 2.05) is 81.7 Å². The van der Waals surface area contributed by atoms with Crippen LogP contribution in [0.5, 0.6) is 0 Å². The number of aromatic nitrogens is 3. The summed E-state index contributed by atoms with van der Waals surface area (Å²) in [7, 11) is -2.85. The number of nitrogens with one attached hydrogen (secondary N) is 1. The molecule has 13 heteroatoms. The van der Waals surface area contributed by atoms with Gasteiger partial charge in [-0.3, -0.25) is 30.0 Å². The highest BCUT2D eigenvalue weighted by Crippen LogP contribution is 2.65. The van der Waals surface area contributed by atoms with Crippen molar-refractivity contribution < 1.29 is 28.4 Å². The summed E-state index contributed by atoms with van der Waals surface area (Å²) in [5, 5.41) is 15.3. The predicted molar refractivity (Wildman–Crippen MR) is 229 cm³/mol. The van der Waals surface area contributed by atoms with Gasteiger partial charge in [0.2, 0.25) is 0 Å². The van der Waals surface area contributed by atoms with Crippen molar-refractivity contribution in [3.05, 3.63) is 89.8 Å². The van der Waals surface area contributed by atoms with Crippen molar-refractivity contribution >= 4 is 21.4 Å². The van der Waals surface area contributed by atoms with Crippen LogP contribution in [-0.2, 0) is 42.9 Å². The molecule has 2 unspecified atom stereocenters. The second kappa shape index (κ2) is 17.5. The summed E-state index contributed by atoms with van der Waals surface area (Å²) in [4.78, 5) is 29.4. The fraction of sp³-hybridized carbons (Fsp3) is 0.644.